The molecule has 1 amide bonds. The van der Waals surface area contributed by atoms with Crippen LogP contribution in [0, 0.1) is 0 Å². The lowest BCUT2D eigenvalue weighted by Gasteiger charge is -2.35. The van der Waals surface area contributed by atoms with Gasteiger partial charge in [-0.3, -0.25) is 14.7 Å². The molecule has 0 spiro atoms. The van der Waals surface area contributed by atoms with E-state index in [2.05, 4.69) is 38.5 Å². The number of para-hydroxylation sites is 1. The number of anilines is 1. The van der Waals surface area contributed by atoms with Gasteiger partial charge in [0.15, 0.2) is 5.17 Å². The van der Waals surface area contributed by atoms with Crippen LogP contribution in [0.4, 0.5) is 5.69 Å². The van der Waals surface area contributed by atoms with Gasteiger partial charge in [0.05, 0.1) is 17.0 Å². The molecule has 0 aliphatic carbocycles. The maximum Gasteiger partial charge on any atom is 0.257 e. The fourth-order valence-electron chi connectivity index (χ4n) is 4.69. The molecule has 3 aromatic rings. The quantitative estimate of drug-likeness (QED) is 0.555. The van der Waals surface area contributed by atoms with Crippen molar-refractivity contribution in [1.82, 2.24) is 14.8 Å². The van der Waals surface area contributed by atoms with E-state index in [0.29, 0.717) is 30.4 Å². The topological polar surface area (TPSA) is 86.2 Å². The Kier molecular flexibility index (Phi) is 5.31. The van der Waals surface area contributed by atoms with Crippen molar-refractivity contribution in [3.05, 3.63) is 65.9 Å². The van der Waals surface area contributed by atoms with Crippen LogP contribution in [0.25, 0.3) is 10.9 Å². The molecule has 0 bridgehead atoms. The number of aromatic nitrogens is 1. The number of carbonyl (C=O) groups excluding carboxylic acids is 1. The van der Waals surface area contributed by atoms with Crippen molar-refractivity contribution in [3.63, 3.8) is 0 Å². The number of hydrogen-bond donors (Lipinski definition) is 0. The third-order valence-corrected chi connectivity index (χ3v) is 8.80. The zero-order valence-corrected chi connectivity index (χ0v) is 20.1. The number of rotatable bonds is 3. The summed E-state index contributed by atoms with van der Waals surface area (Å²) < 4.78 is 27.6. The van der Waals surface area contributed by atoms with Crippen LogP contribution in [0.5, 0.6) is 0 Å². The summed E-state index contributed by atoms with van der Waals surface area (Å²) >= 11 is 1.31. The normalized spacial score (nSPS) is 19.6. The van der Waals surface area contributed by atoms with Crippen LogP contribution < -0.4 is 4.90 Å². The van der Waals surface area contributed by atoms with Gasteiger partial charge in [0, 0.05) is 61.3 Å². The molecule has 0 atom stereocenters. The first kappa shape index (κ1) is 21.6. The van der Waals surface area contributed by atoms with Gasteiger partial charge in [0.25, 0.3) is 15.9 Å². The molecular weight excluding hydrogens is 470 g/mol. The highest BCUT2D eigenvalue weighted by atomic mass is 32.2. The van der Waals surface area contributed by atoms with Gasteiger partial charge in [-0.05, 0) is 41.6 Å². The summed E-state index contributed by atoms with van der Waals surface area (Å²) in [6, 6.07) is 15.9. The maximum atomic E-state index is 13.2. The second-order valence-corrected chi connectivity index (χ2v) is 11.4. The summed E-state index contributed by atoms with van der Waals surface area (Å²) in [6.45, 7) is 4.14. The highest BCUT2D eigenvalue weighted by Crippen LogP contribution is 2.42. The summed E-state index contributed by atoms with van der Waals surface area (Å²) in [7, 11) is -3.40. The third kappa shape index (κ3) is 3.95. The molecule has 2 aromatic carbocycles. The van der Waals surface area contributed by atoms with E-state index in [1.807, 2.05) is 40.3 Å². The van der Waals surface area contributed by atoms with Gasteiger partial charge in [-0.25, -0.2) is 8.42 Å². The molecule has 0 radical (unpaired) electrons. The number of thioether (sulfide) groups is 1. The Labute approximate surface area is 202 Å². The lowest BCUT2D eigenvalue weighted by Crippen LogP contribution is -2.48. The van der Waals surface area contributed by atoms with Gasteiger partial charge in [-0.1, -0.05) is 24.3 Å². The van der Waals surface area contributed by atoms with Crippen molar-refractivity contribution < 1.29 is 13.2 Å². The minimum absolute atomic E-state index is 0.00862. The fourth-order valence-corrected chi connectivity index (χ4v) is 6.99. The SMILES string of the molecule is O=C(c1ccc2c(c1)SC1=NS(=O)(=O)CCN12)N1CCN(Cc2cccc3cccnc23)CC1. The number of amidine groups is 1. The molecule has 10 heteroatoms. The number of hydrogen-bond acceptors (Lipinski definition) is 7. The van der Waals surface area contributed by atoms with E-state index in [0.717, 1.165) is 41.1 Å². The second-order valence-electron chi connectivity index (χ2n) is 8.66. The lowest BCUT2D eigenvalue weighted by molar-refractivity contribution is 0.0628. The number of nitrogens with zero attached hydrogens (tertiary/aromatic N) is 5. The average Bonchev–Trinajstić information content (AvgIpc) is 3.20. The Morgan fingerprint density at radius 3 is 2.68 bits per heavy atom. The first-order chi connectivity index (χ1) is 16.5. The molecule has 3 aliphatic heterocycles. The predicted molar refractivity (Wildman–Crippen MR) is 134 cm³/mol. The molecule has 1 fully saturated rings. The molecule has 3 aliphatic rings. The number of sulfonamides is 1. The average molecular weight is 494 g/mol. The van der Waals surface area contributed by atoms with Crippen LogP contribution >= 0.6 is 11.8 Å². The van der Waals surface area contributed by atoms with Gasteiger partial charge in [0.1, 0.15) is 0 Å². The standard InChI is InChI=1S/C24H23N5O3S2/c30-23(18-6-7-20-21(15-18)33-24-26-34(31,32)14-13-29(20)24)28-11-9-27(10-12-28)16-19-4-1-3-17-5-2-8-25-22(17)19/h1-8,15H,9-14,16H2. The molecule has 8 nitrogen and oxygen atoms in total. The van der Waals surface area contributed by atoms with Crippen LogP contribution in [-0.2, 0) is 16.6 Å². The number of benzene rings is 2. The Hall–Kier alpha value is -2.95. The molecule has 1 aromatic heterocycles. The largest absolute Gasteiger partial charge is 0.336 e. The third-order valence-electron chi connectivity index (χ3n) is 6.49. The fraction of sp³-hybridized carbons (Fsp3) is 0.292. The Bertz CT molecular complexity index is 1430. The summed E-state index contributed by atoms with van der Waals surface area (Å²) in [6.07, 6.45) is 1.83. The first-order valence-electron chi connectivity index (χ1n) is 11.2. The van der Waals surface area contributed by atoms with Gasteiger partial charge in [-0.2, -0.15) is 0 Å². The van der Waals surface area contributed by atoms with Crippen LogP contribution in [-0.4, -0.2) is 72.8 Å². The molecule has 0 N–H and O–H groups in total. The van der Waals surface area contributed by atoms with Crippen molar-refractivity contribution in [2.75, 3.05) is 43.4 Å². The van der Waals surface area contributed by atoms with Crippen molar-refractivity contribution >= 4 is 49.5 Å². The molecule has 4 heterocycles. The van der Waals surface area contributed by atoms with E-state index in [9.17, 15) is 13.2 Å². The van der Waals surface area contributed by atoms with Gasteiger partial charge in [-0.15, -0.1) is 4.40 Å². The Morgan fingerprint density at radius 2 is 1.82 bits per heavy atom. The van der Waals surface area contributed by atoms with E-state index in [1.165, 1.54) is 17.3 Å². The second kappa shape index (κ2) is 8.37. The zero-order valence-electron chi connectivity index (χ0n) is 18.4. The van der Waals surface area contributed by atoms with E-state index in [-0.39, 0.29) is 11.7 Å². The zero-order chi connectivity index (χ0) is 23.3. The highest BCUT2D eigenvalue weighted by Gasteiger charge is 2.34. The van der Waals surface area contributed by atoms with Crippen LogP contribution in [0.3, 0.4) is 0 Å². The van der Waals surface area contributed by atoms with Gasteiger partial charge in [0.2, 0.25) is 0 Å². The monoisotopic (exact) mass is 493 g/mol. The molecule has 0 unspecified atom stereocenters. The van der Waals surface area contributed by atoms with Crippen molar-refractivity contribution in [3.8, 4) is 0 Å². The van der Waals surface area contributed by atoms with Crippen LogP contribution in [0.15, 0.2) is 64.0 Å². The first-order valence-corrected chi connectivity index (χ1v) is 13.7. The number of fused-ring (bicyclic) bond motifs is 4. The van der Waals surface area contributed by atoms with Crippen molar-refractivity contribution in [1.29, 1.82) is 0 Å². The number of piperazine rings is 1. The predicted octanol–water partition coefficient (Wildman–Crippen LogP) is 2.80. The van der Waals surface area contributed by atoms with E-state index in [1.54, 1.807) is 0 Å². The van der Waals surface area contributed by atoms with Crippen LogP contribution in [0.1, 0.15) is 15.9 Å². The molecule has 174 valence electrons. The van der Waals surface area contributed by atoms with Gasteiger partial charge >= 0.3 is 0 Å². The van der Waals surface area contributed by atoms with Crippen molar-refractivity contribution in [2.24, 2.45) is 4.40 Å². The highest BCUT2D eigenvalue weighted by molar-refractivity contribution is 8.15. The molecule has 6 rings (SSSR count). The Morgan fingerprint density at radius 1 is 1.00 bits per heavy atom. The van der Waals surface area contributed by atoms with E-state index >= 15 is 0 Å². The molecule has 34 heavy (non-hydrogen) atoms. The van der Waals surface area contributed by atoms with Crippen LogP contribution in [0.2, 0.25) is 0 Å². The Balaban J connectivity index is 1.13. The van der Waals surface area contributed by atoms with E-state index < -0.39 is 10.0 Å². The molecular formula is C24H23N5O3S2. The maximum absolute atomic E-state index is 13.2. The number of pyridine rings is 1. The van der Waals surface area contributed by atoms with Gasteiger partial charge < -0.3 is 9.80 Å². The minimum Gasteiger partial charge on any atom is -0.336 e. The summed E-state index contributed by atoms with van der Waals surface area (Å²) in [5, 5.41) is 1.62. The smallest absolute Gasteiger partial charge is 0.257 e. The molecule has 1 saturated heterocycles. The number of amides is 1. The minimum atomic E-state index is -3.40. The summed E-state index contributed by atoms with van der Waals surface area (Å²) in [4.78, 5) is 24.8. The summed E-state index contributed by atoms with van der Waals surface area (Å²) in [5.74, 6) is 0.0188. The lowest BCUT2D eigenvalue weighted by atomic mass is 10.1. The number of carbonyl (C=O) groups is 1. The molecule has 0 saturated carbocycles. The van der Waals surface area contributed by atoms with E-state index in [4.69, 9.17) is 0 Å². The van der Waals surface area contributed by atoms with Crippen molar-refractivity contribution in [2.45, 2.75) is 11.4 Å². The summed E-state index contributed by atoms with van der Waals surface area (Å²) in [5.41, 5.74) is 3.78.